The summed E-state index contributed by atoms with van der Waals surface area (Å²) in [4.78, 5) is 0. The van der Waals surface area contributed by atoms with Gasteiger partial charge in [-0.1, -0.05) is 37.3 Å². The lowest BCUT2D eigenvalue weighted by Gasteiger charge is -2.09. The Hall–Kier alpha value is -1.28. The third kappa shape index (κ3) is 3.36. The first-order valence-corrected chi connectivity index (χ1v) is 7.06. The Morgan fingerprint density at radius 1 is 1.00 bits per heavy atom. The predicted octanol–water partition coefficient (Wildman–Crippen LogP) is 4.93. The third-order valence-electron chi connectivity index (χ3n) is 3.04. The molecule has 0 amide bonds. The van der Waals surface area contributed by atoms with E-state index in [-0.39, 0.29) is 0 Å². The zero-order chi connectivity index (χ0) is 13.0. The van der Waals surface area contributed by atoms with Crippen LogP contribution in [0.5, 0.6) is 0 Å². The number of hydrogen-bond acceptors (Lipinski definition) is 1. The maximum atomic E-state index is 3.58. The topological polar surface area (TPSA) is 12.0 Å². The summed E-state index contributed by atoms with van der Waals surface area (Å²) in [6.45, 7) is 5.13. The van der Waals surface area contributed by atoms with Crippen molar-refractivity contribution in [2.45, 2.75) is 26.8 Å². The van der Waals surface area contributed by atoms with E-state index in [1.807, 2.05) is 0 Å². The van der Waals surface area contributed by atoms with E-state index in [9.17, 15) is 0 Å². The summed E-state index contributed by atoms with van der Waals surface area (Å²) in [5.74, 6) is 0. The van der Waals surface area contributed by atoms with Gasteiger partial charge >= 0.3 is 0 Å². The SMILES string of the molecule is CCc1ccc(CNc2ccc(C)cc2Br)cc1. The highest BCUT2D eigenvalue weighted by atomic mass is 79.9. The lowest BCUT2D eigenvalue weighted by molar-refractivity contribution is 1.10. The molecule has 2 aromatic rings. The molecule has 0 heterocycles. The second-order valence-corrected chi connectivity index (χ2v) is 5.36. The molecule has 0 aliphatic rings. The summed E-state index contributed by atoms with van der Waals surface area (Å²) in [6.07, 6.45) is 1.09. The maximum absolute atomic E-state index is 3.58. The highest BCUT2D eigenvalue weighted by Gasteiger charge is 1.99. The monoisotopic (exact) mass is 303 g/mol. The van der Waals surface area contributed by atoms with E-state index in [1.54, 1.807) is 0 Å². The van der Waals surface area contributed by atoms with Gasteiger partial charge < -0.3 is 5.32 Å². The van der Waals surface area contributed by atoms with Gasteiger partial charge in [0.05, 0.1) is 0 Å². The van der Waals surface area contributed by atoms with Gasteiger partial charge in [-0.15, -0.1) is 0 Å². The fourth-order valence-corrected chi connectivity index (χ4v) is 2.49. The smallest absolute Gasteiger partial charge is 0.0487 e. The molecule has 1 N–H and O–H groups in total. The van der Waals surface area contributed by atoms with Crippen molar-refractivity contribution in [3.8, 4) is 0 Å². The minimum absolute atomic E-state index is 0.853. The van der Waals surface area contributed by atoms with Crippen molar-refractivity contribution in [3.05, 3.63) is 63.6 Å². The number of benzene rings is 2. The van der Waals surface area contributed by atoms with E-state index >= 15 is 0 Å². The van der Waals surface area contributed by atoms with E-state index in [0.29, 0.717) is 0 Å². The van der Waals surface area contributed by atoms with Crippen LogP contribution in [0.3, 0.4) is 0 Å². The molecule has 0 saturated carbocycles. The van der Waals surface area contributed by atoms with Crippen LogP contribution in [0.1, 0.15) is 23.6 Å². The van der Waals surface area contributed by atoms with Gasteiger partial charge in [-0.2, -0.15) is 0 Å². The number of nitrogens with one attached hydrogen (secondary N) is 1. The van der Waals surface area contributed by atoms with Crippen LogP contribution < -0.4 is 5.32 Å². The van der Waals surface area contributed by atoms with Crippen molar-refractivity contribution in [3.63, 3.8) is 0 Å². The van der Waals surface area contributed by atoms with Crippen molar-refractivity contribution < 1.29 is 0 Å². The molecule has 1 nitrogen and oxygen atoms in total. The Bertz CT molecular complexity index is 517. The molecule has 0 atom stereocenters. The zero-order valence-corrected chi connectivity index (χ0v) is 12.4. The number of aryl methyl sites for hydroxylation is 2. The van der Waals surface area contributed by atoms with E-state index in [0.717, 1.165) is 23.1 Å². The van der Waals surface area contributed by atoms with Gasteiger partial charge in [0, 0.05) is 16.7 Å². The van der Waals surface area contributed by atoms with E-state index in [1.165, 1.54) is 16.7 Å². The Labute approximate surface area is 117 Å². The quantitative estimate of drug-likeness (QED) is 0.844. The lowest BCUT2D eigenvalue weighted by atomic mass is 10.1. The second kappa shape index (κ2) is 6.05. The van der Waals surface area contributed by atoms with Crippen molar-refractivity contribution in [2.75, 3.05) is 5.32 Å². The summed E-state index contributed by atoms with van der Waals surface area (Å²) in [5.41, 5.74) is 5.09. The minimum Gasteiger partial charge on any atom is -0.380 e. The summed E-state index contributed by atoms with van der Waals surface area (Å²) < 4.78 is 1.12. The highest BCUT2D eigenvalue weighted by molar-refractivity contribution is 9.10. The molecule has 18 heavy (non-hydrogen) atoms. The number of hydrogen-bond donors (Lipinski definition) is 1. The minimum atomic E-state index is 0.853. The summed E-state index contributed by atoms with van der Waals surface area (Å²) in [5, 5.41) is 3.45. The summed E-state index contributed by atoms with van der Waals surface area (Å²) in [6, 6.07) is 15.1. The standard InChI is InChI=1S/C16H18BrN/c1-3-13-5-7-14(8-6-13)11-18-16-9-4-12(2)10-15(16)17/h4-10,18H,3,11H2,1-2H3. The second-order valence-electron chi connectivity index (χ2n) is 4.51. The molecule has 2 aromatic carbocycles. The number of anilines is 1. The van der Waals surface area contributed by atoms with Gasteiger partial charge in [-0.25, -0.2) is 0 Å². The van der Waals surface area contributed by atoms with Crippen molar-refractivity contribution in [1.29, 1.82) is 0 Å². The Morgan fingerprint density at radius 3 is 2.28 bits per heavy atom. The van der Waals surface area contributed by atoms with Crippen LogP contribution in [0.2, 0.25) is 0 Å². The zero-order valence-electron chi connectivity index (χ0n) is 10.8. The Morgan fingerprint density at radius 2 is 1.67 bits per heavy atom. The molecular weight excluding hydrogens is 286 g/mol. The van der Waals surface area contributed by atoms with E-state index in [2.05, 4.69) is 77.6 Å². The predicted molar refractivity (Wildman–Crippen MR) is 82.0 cm³/mol. The van der Waals surface area contributed by atoms with Crippen LogP contribution in [0, 0.1) is 6.92 Å². The van der Waals surface area contributed by atoms with E-state index in [4.69, 9.17) is 0 Å². The molecule has 2 rings (SSSR count). The van der Waals surface area contributed by atoms with E-state index < -0.39 is 0 Å². The first kappa shape index (κ1) is 13.2. The number of rotatable bonds is 4. The molecule has 0 fully saturated rings. The maximum Gasteiger partial charge on any atom is 0.0487 e. The fourth-order valence-electron chi connectivity index (χ4n) is 1.85. The lowest BCUT2D eigenvalue weighted by Crippen LogP contribution is -2.00. The molecule has 0 aliphatic carbocycles. The fraction of sp³-hybridized carbons (Fsp3) is 0.250. The molecule has 0 unspecified atom stereocenters. The van der Waals surface area contributed by atoms with Gasteiger partial charge in [0.25, 0.3) is 0 Å². The molecule has 2 heteroatoms. The first-order chi connectivity index (χ1) is 8.69. The molecular formula is C16H18BrN. The normalized spacial score (nSPS) is 10.4. The van der Waals surface area contributed by atoms with Crippen molar-refractivity contribution >= 4 is 21.6 Å². The third-order valence-corrected chi connectivity index (χ3v) is 3.69. The average Bonchev–Trinajstić information content (AvgIpc) is 2.38. The van der Waals surface area contributed by atoms with Crippen molar-refractivity contribution in [1.82, 2.24) is 0 Å². The first-order valence-electron chi connectivity index (χ1n) is 6.27. The molecule has 94 valence electrons. The highest BCUT2D eigenvalue weighted by Crippen LogP contribution is 2.23. The van der Waals surface area contributed by atoms with Crippen LogP contribution in [0.15, 0.2) is 46.9 Å². The van der Waals surface area contributed by atoms with Crippen LogP contribution in [-0.2, 0) is 13.0 Å². The molecule has 0 bridgehead atoms. The van der Waals surface area contributed by atoms with Crippen LogP contribution >= 0.6 is 15.9 Å². The van der Waals surface area contributed by atoms with Crippen LogP contribution in [0.4, 0.5) is 5.69 Å². The molecule has 0 saturated heterocycles. The average molecular weight is 304 g/mol. The summed E-state index contributed by atoms with van der Waals surface area (Å²) >= 11 is 3.58. The Balaban J connectivity index is 2.02. The van der Waals surface area contributed by atoms with Crippen LogP contribution in [0.25, 0.3) is 0 Å². The Kier molecular flexibility index (Phi) is 4.43. The molecule has 0 aromatic heterocycles. The van der Waals surface area contributed by atoms with Crippen molar-refractivity contribution in [2.24, 2.45) is 0 Å². The van der Waals surface area contributed by atoms with Gasteiger partial charge in [-0.05, 0) is 58.1 Å². The van der Waals surface area contributed by atoms with Gasteiger partial charge in [0.15, 0.2) is 0 Å². The number of halogens is 1. The molecule has 0 spiro atoms. The summed E-state index contributed by atoms with van der Waals surface area (Å²) in [7, 11) is 0. The van der Waals surface area contributed by atoms with Crippen LogP contribution in [-0.4, -0.2) is 0 Å². The molecule has 0 aliphatic heterocycles. The largest absolute Gasteiger partial charge is 0.380 e. The van der Waals surface area contributed by atoms with Gasteiger partial charge in [0.1, 0.15) is 0 Å². The molecule has 0 radical (unpaired) electrons. The van der Waals surface area contributed by atoms with Gasteiger partial charge in [0.2, 0.25) is 0 Å². The van der Waals surface area contributed by atoms with Gasteiger partial charge in [-0.3, -0.25) is 0 Å².